The van der Waals surface area contributed by atoms with E-state index in [2.05, 4.69) is 10.2 Å². The van der Waals surface area contributed by atoms with Crippen LogP contribution < -0.4 is 5.73 Å². The molecule has 0 fully saturated rings. The summed E-state index contributed by atoms with van der Waals surface area (Å²) in [5.41, 5.74) is 6.17. The number of rotatable bonds is 2. The third kappa shape index (κ3) is 2.29. The third-order valence-electron chi connectivity index (χ3n) is 1.21. The van der Waals surface area contributed by atoms with Crippen molar-refractivity contribution in [3.63, 3.8) is 0 Å². The molecule has 0 unspecified atom stereocenters. The minimum absolute atomic E-state index is 0.345. The fourth-order valence-electron chi connectivity index (χ4n) is 0.719. The summed E-state index contributed by atoms with van der Waals surface area (Å²) in [6.07, 6.45) is 0.675. The van der Waals surface area contributed by atoms with Crippen LogP contribution in [0, 0.1) is 0 Å². The largest absolute Gasteiger partial charge is 0.330 e. The Morgan fingerprint density at radius 2 is 2.09 bits per heavy atom. The van der Waals surface area contributed by atoms with Gasteiger partial charge in [0.25, 0.3) is 0 Å². The molecular formula is C6H7Cl2N3. The molecule has 2 N–H and O–H groups in total. The molecule has 0 aliphatic heterocycles. The fourth-order valence-corrected chi connectivity index (χ4v) is 1.08. The van der Waals surface area contributed by atoms with Crippen LogP contribution in [0.3, 0.4) is 0 Å². The Morgan fingerprint density at radius 1 is 1.36 bits per heavy atom. The minimum atomic E-state index is 0.345. The van der Waals surface area contributed by atoms with Gasteiger partial charge < -0.3 is 5.73 Å². The maximum absolute atomic E-state index is 5.69. The van der Waals surface area contributed by atoms with Crippen molar-refractivity contribution in [3.8, 4) is 0 Å². The fraction of sp³-hybridized carbons (Fsp3) is 0.333. The van der Waals surface area contributed by atoms with Gasteiger partial charge in [-0.3, -0.25) is 0 Å². The molecule has 0 radical (unpaired) electrons. The number of hydrogen-bond acceptors (Lipinski definition) is 3. The van der Waals surface area contributed by atoms with Crippen LogP contribution in [0.25, 0.3) is 0 Å². The van der Waals surface area contributed by atoms with Crippen LogP contribution in [0.4, 0.5) is 0 Å². The first-order valence-electron chi connectivity index (χ1n) is 3.11. The molecule has 0 bridgehead atoms. The molecule has 5 heteroatoms. The maximum Gasteiger partial charge on any atom is 0.155 e. The van der Waals surface area contributed by atoms with Gasteiger partial charge in [0.2, 0.25) is 0 Å². The van der Waals surface area contributed by atoms with Crippen molar-refractivity contribution in [1.82, 2.24) is 10.2 Å². The van der Waals surface area contributed by atoms with Gasteiger partial charge in [0.15, 0.2) is 10.3 Å². The second kappa shape index (κ2) is 3.85. The molecule has 0 aromatic carbocycles. The predicted molar refractivity (Wildman–Crippen MR) is 44.8 cm³/mol. The van der Waals surface area contributed by atoms with E-state index in [-0.39, 0.29) is 0 Å². The molecule has 3 nitrogen and oxygen atoms in total. The van der Waals surface area contributed by atoms with Crippen molar-refractivity contribution in [2.24, 2.45) is 5.73 Å². The van der Waals surface area contributed by atoms with Gasteiger partial charge in [-0.05, 0) is 24.6 Å². The summed E-state index contributed by atoms with van der Waals surface area (Å²) < 4.78 is 0. The summed E-state index contributed by atoms with van der Waals surface area (Å²) in [5.74, 6) is 0. The zero-order valence-corrected chi connectivity index (χ0v) is 7.23. The molecule has 0 atom stereocenters. The highest BCUT2D eigenvalue weighted by Gasteiger charge is 2.01. The van der Waals surface area contributed by atoms with E-state index in [0.717, 1.165) is 5.56 Å². The molecule has 0 saturated carbocycles. The topological polar surface area (TPSA) is 51.8 Å². The van der Waals surface area contributed by atoms with E-state index in [1.165, 1.54) is 0 Å². The monoisotopic (exact) mass is 191 g/mol. The van der Waals surface area contributed by atoms with Crippen LogP contribution in [-0.2, 0) is 6.42 Å². The lowest BCUT2D eigenvalue weighted by atomic mass is 10.2. The van der Waals surface area contributed by atoms with E-state index < -0.39 is 0 Å². The highest BCUT2D eigenvalue weighted by molar-refractivity contribution is 6.31. The molecule has 0 amide bonds. The van der Waals surface area contributed by atoms with Crippen molar-refractivity contribution in [1.29, 1.82) is 0 Å². The first kappa shape index (κ1) is 8.71. The Hall–Kier alpha value is -0.380. The lowest BCUT2D eigenvalue weighted by molar-refractivity contribution is 0.926. The minimum Gasteiger partial charge on any atom is -0.330 e. The first-order valence-corrected chi connectivity index (χ1v) is 3.87. The van der Waals surface area contributed by atoms with Gasteiger partial charge in [-0.25, -0.2) is 0 Å². The lowest BCUT2D eigenvalue weighted by Gasteiger charge is -1.99. The molecule has 1 aromatic heterocycles. The normalized spacial score (nSPS) is 10.1. The molecule has 0 aliphatic carbocycles. The van der Waals surface area contributed by atoms with Gasteiger partial charge in [-0.2, -0.15) is 0 Å². The van der Waals surface area contributed by atoms with Crippen LogP contribution in [0.1, 0.15) is 5.56 Å². The Balaban J connectivity index is 2.93. The molecule has 0 aliphatic rings. The van der Waals surface area contributed by atoms with Gasteiger partial charge in [-0.1, -0.05) is 23.2 Å². The Labute approximate surface area is 74.5 Å². The highest BCUT2D eigenvalue weighted by atomic mass is 35.5. The Bertz CT molecular complexity index is 252. The Morgan fingerprint density at radius 3 is 2.73 bits per heavy atom. The first-order chi connectivity index (χ1) is 5.24. The summed E-state index contributed by atoms with van der Waals surface area (Å²) >= 11 is 11.3. The lowest BCUT2D eigenvalue weighted by Crippen LogP contribution is -2.04. The van der Waals surface area contributed by atoms with Crippen LogP contribution in [0.15, 0.2) is 6.07 Å². The zero-order chi connectivity index (χ0) is 8.27. The molecule has 1 heterocycles. The smallest absolute Gasteiger partial charge is 0.155 e. The number of aromatic nitrogens is 2. The number of nitrogens with zero attached hydrogens (tertiary/aromatic N) is 2. The van der Waals surface area contributed by atoms with E-state index in [9.17, 15) is 0 Å². The van der Waals surface area contributed by atoms with E-state index in [1.54, 1.807) is 6.07 Å². The molecule has 0 saturated heterocycles. The van der Waals surface area contributed by atoms with Gasteiger partial charge >= 0.3 is 0 Å². The number of halogens is 2. The van der Waals surface area contributed by atoms with E-state index in [1.807, 2.05) is 0 Å². The van der Waals surface area contributed by atoms with Gasteiger partial charge in [0, 0.05) is 0 Å². The highest BCUT2D eigenvalue weighted by Crippen LogP contribution is 2.14. The van der Waals surface area contributed by atoms with Gasteiger partial charge in [0.1, 0.15) is 0 Å². The van der Waals surface area contributed by atoms with E-state index in [4.69, 9.17) is 28.9 Å². The van der Waals surface area contributed by atoms with Crippen LogP contribution >= 0.6 is 23.2 Å². The van der Waals surface area contributed by atoms with Crippen LogP contribution in [-0.4, -0.2) is 16.7 Å². The van der Waals surface area contributed by atoms with Crippen LogP contribution in [0.5, 0.6) is 0 Å². The maximum atomic E-state index is 5.69. The Kier molecular flexibility index (Phi) is 3.05. The summed E-state index contributed by atoms with van der Waals surface area (Å²) in [7, 11) is 0. The van der Waals surface area contributed by atoms with E-state index >= 15 is 0 Å². The summed E-state index contributed by atoms with van der Waals surface area (Å²) in [6, 6.07) is 1.67. The molecule has 60 valence electrons. The molecule has 1 rings (SSSR count). The molecule has 0 spiro atoms. The average molecular weight is 192 g/mol. The number of nitrogens with two attached hydrogens (primary N) is 1. The second-order valence-corrected chi connectivity index (χ2v) is 2.77. The third-order valence-corrected chi connectivity index (χ3v) is 1.71. The predicted octanol–water partition coefficient (Wildman–Crippen LogP) is 1.28. The summed E-state index contributed by atoms with van der Waals surface area (Å²) in [4.78, 5) is 0. The van der Waals surface area contributed by atoms with Crippen molar-refractivity contribution in [3.05, 3.63) is 21.9 Å². The summed E-state index contributed by atoms with van der Waals surface area (Å²) in [6.45, 7) is 0.530. The van der Waals surface area contributed by atoms with Crippen molar-refractivity contribution < 1.29 is 0 Å². The van der Waals surface area contributed by atoms with Gasteiger partial charge in [0.05, 0.1) is 0 Å². The second-order valence-electron chi connectivity index (χ2n) is 2.02. The van der Waals surface area contributed by atoms with E-state index in [0.29, 0.717) is 23.3 Å². The zero-order valence-electron chi connectivity index (χ0n) is 5.72. The number of hydrogen-bond donors (Lipinski definition) is 1. The molecular weight excluding hydrogens is 185 g/mol. The average Bonchev–Trinajstić information content (AvgIpc) is 1.98. The molecule has 1 aromatic rings. The quantitative estimate of drug-likeness (QED) is 0.767. The van der Waals surface area contributed by atoms with Gasteiger partial charge in [-0.15, -0.1) is 10.2 Å². The molecule has 11 heavy (non-hydrogen) atoms. The van der Waals surface area contributed by atoms with Crippen LogP contribution in [0.2, 0.25) is 10.3 Å². The van der Waals surface area contributed by atoms with Crippen molar-refractivity contribution in [2.75, 3.05) is 6.54 Å². The summed E-state index contributed by atoms with van der Waals surface area (Å²) in [5, 5.41) is 7.91. The standard InChI is InChI=1S/C6H7Cl2N3/c7-5-3-4(1-2-9)6(8)11-10-5/h3H,1-2,9H2. The SMILES string of the molecule is NCCc1cc(Cl)nnc1Cl. The van der Waals surface area contributed by atoms with Crippen molar-refractivity contribution >= 4 is 23.2 Å². The van der Waals surface area contributed by atoms with Crippen molar-refractivity contribution in [2.45, 2.75) is 6.42 Å².